The van der Waals surface area contributed by atoms with Crippen molar-refractivity contribution in [3.05, 3.63) is 18.2 Å². The third-order valence-electron chi connectivity index (χ3n) is 2.36. The first-order valence-electron chi connectivity index (χ1n) is 5.79. The van der Waals surface area contributed by atoms with Gasteiger partial charge in [-0.25, -0.2) is 4.98 Å². The number of halogens is 3. The van der Waals surface area contributed by atoms with Gasteiger partial charge in [-0.15, -0.1) is 0 Å². The van der Waals surface area contributed by atoms with Crippen molar-refractivity contribution in [3.63, 3.8) is 0 Å². The van der Waals surface area contributed by atoms with Gasteiger partial charge in [0.15, 0.2) is 0 Å². The number of aromatic nitrogens is 2. The van der Waals surface area contributed by atoms with Crippen LogP contribution in [0.4, 0.5) is 13.2 Å². The van der Waals surface area contributed by atoms with Gasteiger partial charge in [0.05, 0.1) is 12.6 Å². The molecular weight excluding hydrogens is 247 g/mol. The maximum Gasteiger partial charge on any atom is 0.411 e. The predicted octanol–water partition coefficient (Wildman–Crippen LogP) is 2.04. The second-order valence-electron chi connectivity index (χ2n) is 4.03. The number of ether oxygens (including phenoxy) is 1. The Kier molecular flexibility index (Phi) is 5.61. The van der Waals surface area contributed by atoms with E-state index in [1.807, 2.05) is 6.92 Å². The van der Waals surface area contributed by atoms with Crippen molar-refractivity contribution in [1.29, 1.82) is 0 Å². The molecule has 0 saturated carbocycles. The van der Waals surface area contributed by atoms with E-state index in [1.54, 1.807) is 24.0 Å². The minimum atomic E-state index is -4.29. The molecule has 7 heteroatoms. The van der Waals surface area contributed by atoms with Crippen LogP contribution in [0, 0.1) is 0 Å². The first-order chi connectivity index (χ1) is 8.44. The van der Waals surface area contributed by atoms with Gasteiger partial charge in [-0.2, -0.15) is 13.2 Å². The van der Waals surface area contributed by atoms with Crippen molar-refractivity contribution < 1.29 is 17.9 Å². The summed E-state index contributed by atoms with van der Waals surface area (Å²) in [7, 11) is 1.80. The summed E-state index contributed by atoms with van der Waals surface area (Å²) in [5.41, 5.74) is 0. The molecule has 1 rings (SSSR count). The molecule has 0 fully saturated rings. The molecule has 1 atom stereocenters. The summed E-state index contributed by atoms with van der Waals surface area (Å²) in [6, 6.07) is -0.327. The van der Waals surface area contributed by atoms with Crippen LogP contribution in [0.2, 0.25) is 0 Å². The lowest BCUT2D eigenvalue weighted by molar-refractivity contribution is -0.175. The molecule has 1 aromatic heterocycles. The lowest BCUT2D eigenvalue weighted by Gasteiger charge is -2.18. The fraction of sp³-hybridized carbons (Fsp3) is 0.727. The Morgan fingerprint density at radius 3 is 2.72 bits per heavy atom. The Balaban J connectivity index is 2.54. The molecule has 4 nitrogen and oxygen atoms in total. The van der Waals surface area contributed by atoms with Gasteiger partial charge >= 0.3 is 6.18 Å². The molecule has 1 N–H and O–H groups in total. The average Bonchev–Trinajstić information content (AvgIpc) is 2.68. The Morgan fingerprint density at radius 1 is 1.50 bits per heavy atom. The van der Waals surface area contributed by atoms with E-state index < -0.39 is 12.8 Å². The highest BCUT2D eigenvalue weighted by molar-refractivity contribution is 4.98. The average molecular weight is 265 g/mol. The van der Waals surface area contributed by atoms with Crippen molar-refractivity contribution in [3.8, 4) is 0 Å². The lowest BCUT2D eigenvalue weighted by Crippen LogP contribution is -2.30. The number of nitrogens with zero attached hydrogens (tertiary/aromatic N) is 2. The maximum atomic E-state index is 12.0. The van der Waals surface area contributed by atoms with Gasteiger partial charge in [0.25, 0.3) is 0 Å². The van der Waals surface area contributed by atoms with Gasteiger partial charge in [-0.05, 0) is 13.0 Å². The van der Waals surface area contributed by atoms with E-state index in [9.17, 15) is 13.2 Å². The standard InChI is InChI=1S/C11H18F3N3O/c1-3-4-15-9(7-18-8-11(12,13)14)10-16-5-6-17(10)2/h5-6,9,15H,3-4,7-8H2,1-2H3. The second-order valence-corrected chi connectivity index (χ2v) is 4.03. The molecule has 1 heterocycles. The topological polar surface area (TPSA) is 39.1 Å². The molecule has 0 radical (unpaired) electrons. The normalized spacial score (nSPS) is 13.8. The summed E-state index contributed by atoms with van der Waals surface area (Å²) >= 11 is 0. The Morgan fingerprint density at radius 2 is 2.22 bits per heavy atom. The number of hydrogen-bond acceptors (Lipinski definition) is 3. The van der Waals surface area contributed by atoms with Crippen LogP contribution in [0.3, 0.4) is 0 Å². The van der Waals surface area contributed by atoms with Crippen LogP contribution in [0.25, 0.3) is 0 Å². The molecular formula is C11H18F3N3O. The predicted molar refractivity (Wildman–Crippen MR) is 61.1 cm³/mol. The molecule has 1 aromatic rings. The molecule has 0 aromatic carbocycles. The van der Waals surface area contributed by atoms with Crippen LogP contribution in [0.1, 0.15) is 25.2 Å². The summed E-state index contributed by atoms with van der Waals surface area (Å²) in [4.78, 5) is 4.12. The quantitative estimate of drug-likeness (QED) is 0.820. The smallest absolute Gasteiger partial charge is 0.370 e. The molecule has 0 aliphatic heterocycles. The molecule has 0 bridgehead atoms. The van der Waals surface area contributed by atoms with Crippen molar-refractivity contribution in [2.45, 2.75) is 25.6 Å². The second kappa shape index (κ2) is 6.75. The zero-order valence-electron chi connectivity index (χ0n) is 10.5. The zero-order chi connectivity index (χ0) is 13.6. The van der Waals surface area contributed by atoms with E-state index in [-0.39, 0.29) is 12.6 Å². The molecule has 0 spiro atoms. The van der Waals surface area contributed by atoms with E-state index >= 15 is 0 Å². The van der Waals surface area contributed by atoms with Crippen LogP contribution in [-0.4, -0.2) is 35.5 Å². The van der Waals surface area contributed by atoms with E-state index in [2.05, 4.69) is 10.3 Å². The van der Waals surface area contributed by atoms with Gasteiger partial charge in [0.1, 0.15) is 12.4 Å². The number of nitrogens with one attached hydrogen (secondary N) is 1. The number of alkyl halides is 3. The van der Waals surface area contributed by atoms with Crippen LogP contribution in [0.5, 0.6) is 0 Å². The fourth-order valence-electron chi connectivity index (χ4n) is 1.55. The van der Waals surface area contributed by atoms with E-state index in [4.69, 9.17) is 4.74 Å². The summed E-state index contributed by atoms with van der Waals surface area (Å²) in [5.74, 6) is 0.672. The maximum absolute atomic E-state index is 12.0. The number of rotatable bonds is 7. The summed E-state index contributed by atoms with van der Waals surface area (Å²) in [6.45, 7) is 1.40. The first kappa shape index (κ1) is 15.0. The zero-order valence-corrected chi connectivity index (χ0v) is 10.5. The van der Waals surface area contributed by atoms with Crippen LogP contribution in [-0.2, 0) is 11.8 Å². The first-order valence-corrected chi connectivity index (χ1v) is 5.79. The minimum absolute atomic E-state index is 0.0512. The van der Waals surface area contributed by atoms with Crippen molar-refractivity contribution in [2.75, 3.05) is 19.8 Å². The highest BCUT2D eigenvalue weighted by atomic mass is 19.4. The molecule has 0 aliphatic rings. The Labute approximate surface area is 104 Å². The van der Waals surface area contributed by atoms with Crippen molar-refractivity contribution in [1.82, 2.24) is 14.9 Å². The fourth-order valence-corrected chi connectivity index (χ4v) is 1.55. The minimum Gasteiger partial charge on any atom is -0.370 e. The molecule has 1 unspecified atom stereocenters. The molecule has 0 aliphatic carbocycles. The van der Waals surface area contributed by atoms with E-state index in [1.165, 1.54) is 0 Å². The molecule has 104 valence electrons. The Bertz CT molecular complexity index is 352. The number of imidazole rings is 1. The summed E-state index contributed by atoms with van der Waals surface area (Å²) < 4.78 is 42.5. The van der Waals surface area contributed by atoms with Gasteiger partial charge in [0, 0.05) is 19.4 Å². The van der Waals surface area contributed by atoms with Gasteiger partial charge < -0.3 is 14.6 Å². The number of hydrogen-bond donors (Lipinski definition) is 1. The molecule has 0 amide bonds. The van der Waals surface area contributed by atoms with Crippen LogP contribution in [0.15, 0.2) is 12.4 Å². The van der Waals surface area contributed by atoms with E-state index in [0.717, 1.165) is 6.42 Å². The Hall–Kier alpha value is -1.08. The van der Waals surface area contributed by atoms with Gasteiger partial charge in [-0.1, -0.05) is 6.92 Å². The van der Waals surface area contributed by atoms with Crippen LogP contribution < -0.4 is 5.32 Å². The van der Waals surface area contributed by atoms with Gasteiger partial charge in [-0.3, -0.25) is 0 Å². The third kappa shape index (κ3) is 5.05. The molecule has 0 saturated heterocycles. The van der Waals surface area contributed by atoms with Crippen LogP contribution >= 0.6 is 0 Å². The lowest BCUT2D eigenvalue weighted by atomic mass is 10.3. The highest BCUT2D eigenvalue weighted by Crippen LogP contribution is 2.16. The summed E-state index contributed by atoms with van der Waals surface area (Å²) in [6.07, 6.45) is -0.0451. The van der Waals surface area contributed by atoms with E-state index in [0.29, 0.717) is 12.4 Å². The van der Waals surface area contributed by atoms with Crippen molar-refractivity contribution >= 4 is 0 Å². The number of aryl methyl sites for hydroxylation is 1. The van der Waals surface area contributed by atoms with Crippen molar-refractivity contribution in [2.24, 2.45) is 7.05 Å². The third-order valence-corrected chi connectivity index (χ3v) is 2.36. The highest BCUT2D eigenvalue weighted by Gasteiger charge is 2.28. The largest absolute Gasteiger partial charge is 0.411 e. The SMILES string of the molecule is CCCNC(COCC(F)(F)F)c1nccn1C. The monoisotopic (exact) mass is 265 g/mol. The van der Waals surface area contributed by atoms with Gasteiger partial charge in [0.2, 0.25) is 0 Å². The summed E-state index contributed by atoms with van der Waals surface area (Å²) in [5, 5.41) is 3.12. The molecule has 18 heavy (non-hydrogen) atoms.